The van der Waals surface area contributed by atoms with E-state index < -0.39 is 34.6 Å². The van der Waals surface area contributed by atoms with Crippen molar-refractivity contribution < 1.29 is 72.6 Å². The number of thiophene rings is 1. The third-order valence-electron chi connectivity index (χ3n) is 6.73. The van der Waals surface area contributed by atoms with Gasteiger partial charge in [-0.15, -0.1) is 11.3 Å². The summed E-state index contributed by atoms with van der Waals surface area (Å²) in [5, 5.41) is 47.5. The summed E-state index contributed by atoms with van der Waals surface area (Å²) in [4.78, 5) is 53.2. The van der Waals surface area contributed by atoms with E-state index in [1.165, 1.54) is 70.9 Å². The molecule has 0 unspecified atom stereocenters. The van der Waals surface area contributed by atoms with Gasteiger partial charge >= 0.3 is 29.6 Å². The SMILES string of the molecule is COc1cc(I)cc(C(=O)O)c1OC.COc1ccc(Cl)c(OC)c1C(=O)O.O=C(O)c1cc(F)c(Cl)cc1Cl.O=C(O)c1sccc1Oc1ccccc1[N+](=O)[O-]. The molecule has 0 bridgehead atoms. The Morgan fingerprint density at radius 2 is 1.28 bits per heavy atom. The number of rotatable bonds is 11. The highest BCUT2D eigenvalue weighted by molar-refractivity contribution is 14.1. The molecule has 308 valence electrons. The molecule has 0 radical (unpaired) electrons. The molecule has 0 spiro atoms. The van der Waals surface area contributed by atoms with Crippen molar-refractivity contribution in [3.8, 4) is 34.5 Å². The molecule has 0 aliphatic carbocycles. The standard InChI is InChI=1S/C11H7NO5S.C9H9ClO4.C9H9IO4.C7H3Cl2FO2/c13-11(14)10-9(5-6-18-10)17-8-4-2-1-3-7(8)12(15)16;1-13-6-4-3-5(10)8(14-2)7(6)9(11)12;1-13-7-4-5(10)3-6(9(11)12)8(7)14-2;8-4-2-5(9)6(10)1-3(4)7(11)12/h1-6H,(H,13,14);2*3-4H,1-2H3,(H,11,12);1-2H,(H,11,12). The molecule has 1 heterocycles. The highest BCUT2D eigenvalue weighted by atomic mass is 127. The van der Waals surface area contributed by atoms with Gasteiger partial charge in [-0.2, -0.15) is 0 Å². The van der Waals surface area contributed by atoms with E-state index in [-0.39, 0.29) is 71.1 Å². The van der Waals surface area contributed by atoms with Crippen LogP contribution in [0, 0.1) is 19.5 Å². The molecule has 1 aromatic heterocycles. The smallest absolute Gasteiger partial charge is 0.349 e. The Balaban J connectivity index is 0.000000270. The predicted molar refractivity (Wildman–Crippen MR) is 219 cm³/mol. The fourth-order valence-corrected chi connectivity index (χ4v) is 6.18. The van der Waals surface area contributed by atoms with Gasteiger partial charge in [-0.3, -0.25) is 10.1 Å². The Kier molecular flexibility index (Phi) is 19.2. The van der Waals surface area contributed by atoms with Crippen LogP contribution in [0.2, 0.25) is 15.1 Å². The number of para-hydroxylation sites is 2. The van der Waals surface area contributed by atoms with Gasteiger partial charge in [-0.25, -0.2) is 23.6 Å². The molecule has 4 aromatic carbocycles. The van der Waals surface area contributed by atoms with Gasteiger partial charge in [0.2, 0.25) is 5.75 Å². The summed E-state index contributed by atoms with van der Waals surface area (Å²) in [7, 11) is 5.62. The second kappa shape index (κ2) is 23.0. The largest absolute Gasteiger partial charge is 0.496 e. The number of nitrogens with zero attached hydrogens (tertiary/aromatic N) is 1. The van der Waals surface area contributed by atoms with Crippen LogP contribution in [0.15, 0.2) is 72.1 Å². The minimum atomic E-state index is -1.28. The van der Waals surface area contributed by atoms with E-state index in [1.54, 1.807) is 17.5 Å². The van der Waals surface area contributed by atoms with E-state index in [9.17, 15) is 33.7 Å². The Morgan fingerprint density at radius 1 is 0.672 bits per heavy atom. The average Bonchev–Trinajstić information content (AvgIpc) is 3.65. The van der Waals surface area contributed by atoms with Gasteiger partial charge in [0.05, 0.1) is 54.0 Å². The molecule has 4 N–H and O–H groups in total. The van der Waals surface area contributed by atoms with E-state index in [0.717, 1.165) is 27.0 Å². The third-order valence-corrected chi connectivity index (χ3v) is 9.14. The molecule has 22 heteroatoms. The first kappa shape index (κ1) is 48.5. The zero-order valence-corrected chi connectivity index (χ0v) is 35.2. The van der Waals surface area contributed by atoms with Crippen molar-refractivity contribution in [1.82, 2.24) is 0 Å². The monoisotopic (exact) mass is 997 g/mol. The molecule has 16 nitrogen and oxygen atoms in total. The van der Waals surface area contributed by atoms with E-state index >= 15 is 0 Å². The van der Waals surface area contributed by atoms with E-state index in [0.29, 0.717) is 5.75 Å². The van der Waals surface area contributed by atoms with Crippen LogP contribution in [0.1, 0.15) is 40.7 Å². The van der Waals surface area contributed by atoms with Crippen LogP contribution in [-0.4, -0.2) is 77.7 Å². The Morgan fingerprint density at radius 3 is 1.79 bits per heavy atom. The van der Waals surface area contributed by atoms with Crippen molar-refractivity contribution in [2.45, 2.75) is 0 Å². The summed E-state index contributed by atoms with van der Waals surface area (Å²) in [6, 6.07) is 15.4. The van der Waals surface area contributed by atoms with Gasteiger partial charge in [-0.05, 0) is 76.5 Å². The van der Waals surface area contributed by atoms with Crippen LogP contribution in [0.3, 0.4) is 0 Å². The zero-order valence-electron chi connectivity index (χ0n) is 30.0. The van der Waals surface area contributed by atoms with Gasteiger partial charge in [0.1, 0.15) is 22.7 Å². The molecule has 58 heavy (non-hydrogen) atoms. The summed E-state index contributed by atoms with van der Waals surface area (Å²) >= 11 is 19.6. The molecular weight excluding hydrogens is 971 g/mol. The Labute approximate surface area is 360 Å². The summed E-state index contributed by atoms with van der Waals surface area (Å²) in [5.41, 5.74) is -0.461. The minimum Gasteiger partial charge on any atom is -0.496 e. The van der Waals surface area contributed by atoms with Gasteiger partial charge in [0.15, 0.2) is 27.9 Å². The number of nitro benzene ring substituents is 1. The van der Waals surface area contributed by atoms with Crippen LogP contribution in [-0.2, 0) is 0 Å². The fraction of sp³-hybridized carbons (Fsp3) is 0.111. The molecule has 0 aliphatic rings. The average molecular weight is 999 g/mol. The maximum absolute atomic E-state index is 12.7. The van der Waals surface area contributed by atoms with Gasteiger partial charge in [0.25, 0.3) is 0 Å². The summed E-state index contributed by atoms with van der Waals surface area (Å²) in [6.45, 7) is 0. The lowest BCUT2D eigenvalue weighted by molar-refractivity contribution is -0.385. The molecule has 0 fully saturated rings. The number of nitro groups is 1. The van der Waals surface area contributed by atoms with Crippen molar-refractivity contribution in [3.63, 3.8) is 0 Å². The quantitative estimate of drug-likeness (QED) is 0.0417. The third kappa shape index (κ3) is 13.2. The lowest BCUT2D eigenvalue weighted by Gasteiger charge is -2.10. The van der Waals surface area contributed by atoms with Gasteiger partial charge < -0.3 is 44.1 Å². The molecule has 5 rings (SSSR count). The molecule has 5 aromatic rings. The summed E-state index contributed by atoms with van der Waals surface area (Å²) < 4.78 is 38.5. The maximum atomic E-state index is 12.7. The van der Waals surface area contributed by atoms with Crippen molar-refractivity contribution >= 4 is 98.3 Å². The van der Waals surface area contributed by atoms with Crippen LogP contribution in [0.25, 0.3) is 0 Å². The van der Waals surface area contributed by atoms with Crippen molar-refractivity contribution in [2.75, 3.05) is 28.4 Å². The van der Waals surface area contributed by atoms with Crippen LogP contribution in [0.5, 0.6) is 34.5 Å². The van der Waals surface area contributed by atoms with E-state index in [4.69, 9.17) is 78.9 Å². The zero-order chi connectivity index (χ0) is 43.9. The van der Waals surface area contributed by atoms with Crippen LogP contribution < -0.4 is 23.7 Å². The number of benzene rings is 4. The first-order valence-corrected chi connectivity index (χ1v) is 18.3. The molecular formula is C36H28Cl3FINO15S. The number of hydrogen-bond acceptors (Lipinski definition) is 12. The Hall–Kier alpha value is -5.61. The normalized spacial score (nSPS) is 9.81. The molecule has 0 atom stereocenters. The maximum Gasteiger partial charge on any atom is 0.349 e. The first-order valence-electron chi connectivity index (χ1n) is 15.2. The summed E-state index contributed by atoms with van der Waals surface area (Å²) in [6.07, 6.45) is 0. The highest BCUT2D eigenvalue weighted by Crippen LogP contribution is 2.36. The minimum absolute atomic E-state index is 0.00755. The molecule has 0 amide bonds. The summed E-state index contributed by atoms with van der Waals surface area (Å²) in [5.74, 6) is -4.24. The van der Waals surface area contributed by atoms with Crippen molar-refractivity contribution in [3.05, 3.63) is 128 Å². The number of carbonyl (C=O) groups is 4. The van der Waals surface area contributed by atoms with Crippen LogP contribution in [0.4, 0.5) is 10.1 Å². The van der Waals surface area contributed by atoms with Crippen LogP contribution >= 0.6 is 68.7 Å². The molecule has 0 saturated carbocycles. The number of carboxylic acids is 4. The Bertz CT molecular complexity index is 2310. The number of methoxy groups -OCH3 is 4. The van der Waals surface area contributed by atoms with E-state index in [2.05, 4.69) is 0 Å². The molecule has 0 aliphatic heterocycles. The first-order chi connectivity index (χ1) is 27.3. The van der Waals surface area contributed by atoms with Gasteiger partial charge in [0, 0.05) is 9.64 Å². The number of carboxylic acid groups (broad SMARTS) is 4. The van der Waals surface area contributed by atoms with Gasteiger partial charge in [-0.1, -0.05) is 46.9 Å². The topological polar surface area (TPSA) is 238 Å². The number of halogens is 5. The second-order valence-electron chi connectivity index (χ2n) is 10.3. The number of aromatic carboxylic acids is 4. The highest BCUT2D eigenvalue weighted by Gasteiger charge is 2.21. The second-order valence-corrected chi connectivity index (χ2v) is 13.6. The predicted octanol–water partition coefficient (Wildman–Crippen LogP) is 10.0. The number of hydrogen-bond donors (Lipinski definition) is 4. The van der Waals surface area contributed by atoms with Crippen molar-refractivity contribution in [1.29, 1.82) is 0 Å². The lowest BCUT2D eigenvalue weighted by Crippen LogP contribution is -2.04. The molecule has 0 saturated heterocycles. The van der Waals surface area contributed by atoms with Crippen molar-refractivity contribution in [2.24, 2.45) is 0 Å². The lowest BCUT2D eigenvalue weighted by atomic mass is 10.2. The van der Waals surface area contributed by atoms with E-state index in [1.807, 2.05) is 22.6 Å². The fourth-order valence-electron chi connectivity index (χ4n) is 4.23. The number of ether oxygens (including phenoxy) is 5.